The van der Waals surface area contributed by atoms with Gasteiger partial charge >= 0.3 is 0 Å². The van der Waals surface area contributed by atoms with Gasteiger partial charge in [0.05, 0.1) is 7.11 Å². The van der Waals surface area contributed by atoms with Gasteiger partial charge in [-0.25, -0.2) is 9.97 Å². The number of nitrogens with zero attached hydrogens (tertiary/aromatic N) is 4. The molecule has 118 valence electrons. The highest BCUT2D eigenvalue weighted by Gasteiger charge is 2.24. The zero-order valence-electron chi connectivity index (χ0n) is 13.3. The lowest BCUT2D eigenvalue weighted by atomic mass is 9.95. The van der Waals surface area contributed by atoms with Crippen molar-refractivity contribution in [3.8, 4) is 11.8 Å². The zero-order chi connectivity index (χ0) is 16.1. The molecule has 0 spiro atoms. The lowest BCUT2D eigenvalue weighted by molar-refractivity contribution is 0.414. The van der Waals surface area contributed by atoms with Crippen LogP contribution in [0.4, 0.5) is 5.82 Å². The van der Waals surface area contributed by atoms with Gasteiger partial charge in [0.1, 0.15) is 17.6 Å². The molecule has 5 nitrogen and oxygen atoms in total. The summed E-state index contributed by atoms with van der Waals surface area (Å²) in [6.45, 7) is 0.975. The minimum Gasteiger partial charge on any atom is -0.497 e. The summed E-state index contributed by atoms with van der Waals surface area (Å²) in [6.07, 6.45) is 6.16. The average Bonchev–Trinajstić information content (AvgIpc) is 2.63. The number of ether oxygens (including phenoxy) is 1. The van der Waals surface area contributed by atoms with Crippen LogP contribution in [0.5, 0.6) is 5.75 Å². The van der Waals surface area contributed by atoms with E-state index < -0.39 is 0 Å². The molecule has 1 atom stereocenters. The van der Waals surface area contributed by atoms with Gasteiger partial charge in [-0.15, -0.1) is 0 Å². The molecule has 0 aliphatic carbocycles. The molecule has 1 aromatic carbocycles. The molecule has 0 N–H and O–H groups in total. The van der Waals surface area contributed by atoms with E-state index in [2.05, 4.69) is 27.0 Å². The van der Waals surface area contributed by atoms with Gasteiger partial charge in [0.15, 0.2) is 0 Å². The molecule has 1 aliphatic rings. The van der Waals surface area contributed by atoms with Gasteiger partial charge in [-0.05, 0) is 49.4 Å². The first-order valence-corrected chi connectivity index (χ1v) is 7.93. The molecule has 1 aromatic heterocycles. The van der Waals surface area contributed by atoms with Crippen molar-refractivity contribution in [2.75, 3.05) is 18.6 Å². The lowest BCUT2D eigenvalue weighted by Crippen LogP contribution is -2.41. The molecule has 5 heteroatoms. The molecular formula is C18H20N4O. The van der Waals surface area contributed by atoms with Gasteiger partial charge in [-0.3, -0.25) is 0 Å². The van der Waals surface area contributed by atoms with Crippen LogP contribution in [0.25, 0.3) is 0 Å². The molecule has 0 amide bonds. The smallest absolute Gasteiger partial charge is 0.234 e. The van der Waals surface area contributed by atoms with Gasteiger partial charge in [-0.1, -0.05) is 12.1 Å². The molecular weight excluding hydrogens is 288 g/mol. The van der Waals surface area contributed by atoms with E-state index >= 15 is 0 Å². The molecule has 0 unspecified atom stereocenters. The number of piperidine rings is 1. The summed E-state index contributed by atoms with van der Waals surface area (Å²) in [6, 6.07) is 12.6. The number of benzene rings is 1. The van der Waals surface area contributed by atoms with E-state index in [-0.39, 0.29) is 5.82 Å². The Bertz CT molecular complexity index is 693. The van der Waals surface area contributed by atoms with Crippen LogP contribution < -0.4 is 9.64 Å². The first-order chi connectivity index (χ1) is 11.3. The molecule has 0 radical (unpaired) electrons. The molecule has 0 saturated carbocycles. The predicted octanol–water partition coefficient (Wildman–Crippen LogP) is 2.96. The number of methoxy groups -OCH3 is 1. The third kappa shape index (κ3) is 3.59. The summed E-state index contributed by atoms with van der Waals surface area (Å²) in [5.41, 5.74) is 1.29. The Morgan fingerprint density at radius 1 is 1.26 bits per heavy atom. The van der Waals surface area contributed by atoms with E-state index in [9.17, 15) is 0 Å². The minimum absolute atomic E-state index is 0.233. The fourth-order valence-corrected chi connectivity index (χ4v) is 3.11. The van der Waals surface area contributed by atoms with Crippen molar-refractivity contribution >= 4 is 5.82 Å². The SMILES string of the molecule is COc1ccc(C[C@H]2CCCCN2c2ccnc(C#N)n2)cc1. The largest absolute Gasteiger partial charge is 0.497 e. The Hall–Kier alpha value is -2.61. The van der Waals surface area contributed by atoms with Crippen LogP contribution in [-0.4, -0.2) is 29.7 Å². The Labute approximate surface area is 136 Å². The monoisotopic (exact) mass is 308 g/mol. The first-order valence-electron chi connectivity index (χ1n) is 7.93. The maximum Gasteiger partial charge on any atom is 0.234 e. The second-order valence-electron chi connectivity index (χ2n) is 5.75. The maximum atomic E-state index is 9.01. The van der Waals surface area contributed by atoms with Crippen LogP contribution in [0, 0.1) is 11.3 Å². The standard InChI is InChI=1S/C18H20N4O/c1-23-16-7-5-14(6-8-16)12-15-4-2-3-11-22(15)18-9-10-20-17(13-19)21-18/h5-10,15H,2-4,11-12H2,1H3/t15-/m1/s1. The summed E-state index contributed by atoms with van der Waals surface area (Å²) in [5, 5.41) is 9.01. The van der Waals surface area contributed by atoms with E-state index in [1.165, 1.54) is 12.0 Å². The van der Waals surface area contributed by atoms with E-state index in [0.717, 1.165) is 37.4 Å². The molecule has 1 saturated heterocycles. The van der Waals surface area contributed by atoms with Crippen molar-refractivity contribution in [1.82, 2.24) is 9.97 Å². The predicted molar refractivity (Wildman–Crippen MR) is 88.4 cm³/mol. The number of nitriles is 1. The number of rotatable bonds is 4. The van der Waals surface area contributed by atoms with Gasteiger partial charge in [0.2, 0.25) is 5.82 Å². The van der Waals surface area contributed by atoms with E-state index in [1.54, 1.807) is 13.3 Å². The third-order valence-corrected chi connectivity index (χ3v) is 4.29. The number of hydrogen-bond donors (Lipinski definition) is 0. The average molecular weight is 308 g/mol. The molecule has 1 fully saturated rings. The van der Waals surface area contributed by atoms with Gasteiger partial charge in [-0.2, -0.15) is 5.26 Å². The zero-order valence-corrected chi connectivity index (χ0v) is 13.3. The number of anilines is 1. The van der Waals surface area contributed by atoms with Crippen LogP contribution in [0.3, 0.4) is 0 Å². The topological polar surface area (TPSA) is 62.0 Å². The lowest BCUT2D eigenvalue weighted by Gasteiger charge is -2.36. The highest BCUT2D eigenvalue weighted by atomic mass is 16.5. The number of aromatic nitrogens is 2. The van der Waals surface area contributed by atoms with E-state index in [0.29, 0.717) is 6.04 Å². The first kappa shape index (κ1) is 15.3. The Morgan fingerprint density at radius 3 is 2.83 bits per heavy atom. The molecule has 0 bridgehead atoms. The van der Waals surface area contributed by atoms with Crippen LogP contribution in [0.1, 0.15) is 30.7 Å². The molecule has 1 aliphatic heterocycles. The van der Waals surface area contributed by atoms with E-state index in [1.807, 2.05) is 24.3 Å². The van der Waals surface area contributed by atoms with Crippen molar-refractivity contribution in [2.24, 2.45) is 0 Å². The normalized spacial score (nSPS) is 17.6. The summed E-state index contributed by atoms with van der Waals surface area (Å²) in [5.74, 6) is 1.97. The molecule has 2 heterocycles. The molecule has 23 heavy (non-hydrogen) atoms. The maximum absolute atomic E-state index is 9.01. The van der Waals surface area contributed by atoms with Crippen molar-refractivity contribution in [2.45, 2.75) is 31.7 Å². The van der Waals surface area contributed by atoms with Crippen molar-refractivity contribution in [3.63, 3.8) is 0 Å². The highest BCUT2D eigenvalue weighted by Crippen LogP contribution is 2.26. The Balaban J connectivity index is 1.79. The van der Waals surface area contributed by atoms with Crippen LogP contribution in [0.2, 0.25) is 0 Å². The Morgan fingerprint density at radius 2 is 2.09 bits per heavy atom. The molecule has 2 aromatic rings. The van der Waals surface area contributed by atoms with Gasteiger partial charge in [0.25, 0.3) is 0 Å². The summed E-state index contributed by atoms with van der Waals surface area (Å²) in [4.78, 5) is 10.7. The second kappa shape index (κ2) is 7.10. The Kier molecular flexibility index (Phi) is 4.72. The quantitative estimate of drug-likeness (QED) is 0.869. The van der Waals surface area contributed by atoms with Gasteiger partial charge < -0.3 is 9.64 Å². The van der Waals surface area contributed by atoms with Crippen molar-refractivity contribution < 1.29 is 4.74 Å². The summed E-state index contributed by atoms with van der Waals surface area (Å²) >= 11 is 0. The summed E-state index contributed by atoms with van der Waals surface area (Å²) < 4.78 is 5.22. The fraction of sp³-hybridized carbons (Fsp3) is 0.389. The van der Waals surface area contributed by atoms with Crippen molar-refractivity contribution in [1.29, 1.82) is 5.26 Å². The fourth-order valence-electron chi connectivity index (χ4n) is 3.11. The van der Waals surface area contributed by atoms with E-state index in [4.69, 9.17) is 10.00 Å². The van der Waals surface area contributed by atoms with Gasteiger partial charge in [0, 0.05) is 18.8 Å². The molecule has 3 rings (SSSR count). The number of hydrogen-bond acceptors (Lipinski definition) is 5. The highest BCUT2D eigenvalue weighted by molar-refractivity contribution is 5.41. The van der Waals surface area contributed by atoms with Crippen molar-refractivity contribution in [3.05, 3.63) is 47.9 Å². The minimum atomic E-state index is 0.233. The summed E-state index contributed by atoms with van der Waals surface area (Å²) in [7, 11) is 1.68. The van der Waals surface area contributed by atoms with Crippen LogP contribution in [-0.2, 0) is 6.42 Å². The van der Waals surface area contributed by atoms with Crippen LogP contribution in [0.15, 0.2) is 36.5 Å². The third-order valence-electron chi connectivity index (χ3n) is 4.29. The van der Waals surface area contributed by atoms with Crippen LogP contribution >= 0.6 is 0 Å². The second-order valence-corrected chi connectivity index (χ2v) is 5.75.